The number of halogens is 2. The van der Waals surface area contributed by atoms with Crippen molar-refractivity contribution < 1.29 is 8.78 Å². The molecule has 0 aromatic carbocycles. The molecular formula is C12H14F2N2. The molecule has 0 atom stereocenters. The molecule has 3 rings (SSSR count). The van der Waals surface area contributed by atoms with Crippen LogP contribution >= 0.6 is 0 Å². The van der Waals surface area contributed by atoms with Crippen molar-refractivity contribution in [1.82, 2.24) is 9.88 Å². The molecule has 16 heavy (non-hydrogen) atoms. The normalized spacial score (nSPS) is 22.4. The number of aromatic nitrogens is 1. The summed E-state index contributed by atoms with van der Waals surface area (Å²) in [6.07, 6.45) is 1.75. The van der Waals surface area contributed by atoms with E-state index < -0.39 is 6.43 Å². The van der Waals surface area contributed by atoms with Crippen molar-refractivity contribution in [3.63, 3.8) is 0 Å². The monoisotopic (exact) mass is 224 g/mol. The number of alkyl halides is 2. The van der Waals surface area contributed by atoms with Gasteiger partial charge in [-0.2, -0.15) is 0 Å². The molecule has 0 radical (unpaired) electrons. The third kappa shape index (κ3) is 1.61. The molecule has 1 saturated carbocycles. The van der Waals surface area contributed by atoms with E-state index in [1.165, 1.54) is 0 Å². The minimum absolute atomic E-state index is 0.101. The second-order valence-electron chi connectivity index (χ2n) is 4.85. The Balaban J connectivity index is 1.89. The number of rotatable bonds is 2. The third-order valence-corrected chi connectivity index (χ3v) is 3.56. The van der Waals surface area contributed by atoms with Gasteiger partial charge in [0, 0.05) is 24.7 Å². The van der Waals surface area contributed by atoms with Gasteiger partial charge in [0.2, 0.25) is 0 Å². The molecular weight excluding hydrogens is 210 g/mol. The van der Waals surface area contributed by atoms with Crippen molar-refractivity contribution in [2.45, 2.75) is 31.2 Å². The highest BCUT2D eigenvalue weighted by molar-refractivity contribution is 5.35. The molecule has 2 nitrogen and oxygen atoms in total. The van der Waals surface area contributed by atoms with Crippen LogP contribution < -0.4 is 0 Å². The van der Waals surface area contributed by atoms with E-state index in [1.807, 2.05) is 23.2 Å². The summed E-state index contributed by atoms with van der Waals surface area (Å²) < 4.78 is 24.8. The Kier molecular flexibility index (Phi) is 2.21. The summed E-state index contributed by atoms with van der Waals surface area (Å²) in [5.41, 5.74) is 2.39. The van der Waals surface area contributed by atoms with Gasteiger partial charge >= 0.3 is 0 Å². The number of hydrogen-bond acceptors (Lipinski definition) is 2. The highest BCUT2D eigenvalue weighted by Gasteiger charge is 2.50. The lowest BCUT2D eigenvalue weighted by atomic mass is 9.92. The lowest BCUT2D eigenvalue weighted by molar-refractivity contribution is 0.0743. The number of fused-ring (bicyclic) bond motifs is 2. The SMILES string of the molecule is FC(F)CN1Cc2cccnc2C2(CC2)C1. The maximum absolute atomic E-state index is 12.4. The highest BCUT2D eigenvalue weighted by atomic mass is 19.3. The van der Waals surface area contributed by atoms with Gasteiger partial charge in [0.1, 0.15) is 0 Å². The van der Waals surface area contributed by atoms with Crippen molar-refractivity contribution in [2.24, 2.45) is 0 Å². The fourth-order valence-electron chi connectivity index (χ4n) is 2.71. The quantitative estimate of drug-likeness (QED) is 0.765. The Bertz CT molecular complexity index is 402. The van der Waals surface area contributed by atoms with Crippen molar-refractivity contribution in [2.75, 3.05) is 13.1 Å². The standard InChI is InChI=1S/C12H14F2N2/c13-10(14)7-16-6-9-2-1-5-15-11(9)12(8-16)3-4-12/h1-2,5,10H,3-4,6-8H2. The summed E-state index contributed by atoms with van der Waals surface area (Å²) in [5, 5.41) is 0. The first-order chi connectivity index (χ1) is 7.70. The highest BCUT2D eigenvalue weighted by Crippen LogP contribution is 2.51. The summed E-state index contributed by atoms with van der Waals surface area (Å²) in [6, 6.07) is 3.90. The molecule has 0 unspecified atom stereocenters. The second-order valence-corrected chi connectivity index (χ2v) is 4.85. The van der Waals surface area contributed by atoms with Gasteiger partial charge in [-0.1, -0.05) is 6.07 Å². The van der Waals surface area contributed by atoms with Crippen LogP contribution in [0.3, 0.4) is 0 Å². The van der Waals surface area contributed by atoms with Crippen LogP contribution in [0.4, 0.5) is 8.78 Å². The average molecular weight is 224 g/mol. The van der Waals surface area contributed by atoms with Gasteiger partial charge in [0.05, 0.1) is 12.2 Å². The molecule has 0 N–H and O–H groups in total. The van der Waals surface area contributed by atoms with E-state index in [0.717, 1.165) is 30.6 Å². The van der Waals surface area contributed by atoms with Gasteiger partial charge < -0.3 is 0 Å². The summed E-state index contributed by atoms with van der Waals surface area (Å²) in [6.45, 7) is 1.26. The predicted octanol–water partition coefficient (Wildman–Crippen LogP) is 2.19. The van der Waals surface area contributed by atoms with Crippen LogP contribution in [0.15, 0.2) is 18.3 Å². The molecule has 1 aliphatic carbocycles. The lowest BCUT2D eigenvalue weighted by Crippen LogP contribution is -2.40. The fraction of sp³-hybridized carbons (Fsp3) is 0.583. The molecule has 0 saturated heterocycles. The Morgan fingerprint density at radius 3 is 2.94 bits per heavy atom. The topological polar surface area (TPSA) is 16.1 Å². The number of hydrogen-bond donors (Lipinski definition) is 0. The maximum atomic E-state index is 12.4. The van der Waals surface area contributed by atoms with E-state index in [4.69, 9.17) is 0 Å². The van der Waals surface area contributed by atoms with Crippen molar-refractivity contribution in [3.8, 4) is 0 Å². The molecule has 2 heterocycles. The van der Waals surface area contributed by atoms with E-state index in [9.17, 15) is 8.78 Å². The van der Waals surface area contributed by atoms with Gasteiger partial charge in [-0.15, -0.1) is 0 Å². The fourth-order valence-corrected chi connectivity index (χ4v) is 2.71. The Labute approximate surface area is 93.3 Å². The molecule has 4 heteroatoms. The zero-order valence-electron chi connectivity index (χ0n) is 9.00. The van der Waals surface area contributed by atoms with Gasteiger partial charge in [-0.3, -0.25) is 9.88 Å². The lowest BCUT2D eigenvalue weighted by Gasteiger charge is -2.33. The summed E-state index contributed by atoms with van der Waals surface area (Å²) in [7, 11) is 0. The molecule has 1 aromatic heterocycles. The van der Waals surface area contributed by atoms with Crippen LogP contribution in [0.5, 0.6) is 0 Å². The summed E-state index contributed by atoms with van der Waals surface area (Å²) in [5.74, 6) is 0. The molecule has 86 valence electrons. The average Bonchev–Trinajstić information content (AvgIpc) is 2.98. The molecule has 1 aliphatic heterocycles. The van der Waals surface area contributed by atoms with Crippen molar-refractivity contribution >= 4 is 0 Å². The molecule has 1 spiro atoms. The van der Waals surface area contributed by atoms with Crippen LogP contribution in [0.1, 0.15) is 24.1 Å². The van der Waals surface area contributed by atoms with Crippen LogP contribution in [0, 0.1) is 0 Å². The molecule has 2 aliphatic rings. The third-order valence-electron chi connectivity index (χ3n) is 3.56. The number of nitrogens with zero attached hydrogens (tertiary/aromatic N) is 2. The Morgan fingerprint density at radius 1 is 1.44 bits per heavy atom. The van der Waals surface area contributed by atoms with Crippen LogP contribution in [0.25, 0.3) is 0 Å². The first-order valence-electron chi connectivity index (χ1n) is 5.64. The zero-order chi connectivity index (χ0) is 11.2. The van der Waals surface area contributed by atoms with Crippen LogP contribution in [-0.4, -0.2) is 29.4 Å². The van der Waals surface area contributed by atoms with Gasteiger partial charge in [0.15, 0.2) is 0 Å². The largest absolute Gasteiger partial charge is 0.292 e. The van der Waals surface area contributed by atoms with E-state index in [-0.39, 0.29) is 12.0 Å². The summed E-state index contributed by atoms with van der Waals surface area (Å²) >= 11 is 0. The van der Waals surface area contributed by atoms with E-state index in [2.05, 4.69) is 4.98 Å². The minimum atomic E-state index is -2.24. The van der Waals surface area contributed by atoms with Crippen molar-refractivity contribution in [3.05, 3.63) is 29.6 Å². The molecule has 0 amide bonds. The van der Waals surface area contributed by atoms with Crippen LogP contribution in [-0.2, 0) is 12.0 Å². The minimum Gasteiger partial charge on any atom is -0.292 e. The first kappa shape index (κ1) is 10.1. The molecule has 0 bridgehead atoms. The Hall–Kier alpha value is -1.03. The van der Waals surface area contributed by atoms with E-state index in [0.29, 0.717) is 6.54 Å². The maximum Gasteiger partial charge on any atom is 0.251 e. The van der Waals surface area contributed by atoms with E-state index in [1.54, 1.807) is 0 Å². The smallest absolute Gasteiger partial charge is 0.251 e. The van der Waals surface area contributed by atoms with Gasteiger partial charge in [-0.25, -0.2) is 8.78 Å². The number of pyridine rings is 1. The predicted molar refractivity (Wildman–Crippen MR) is 56.4 cm³/mol. The first-order valence-corrected chi connectivity index (χ1v) is 5.64. The second kappa shape index (κ2) is 3.48. The Morgan fingerprint density at radius 2 is 2.25 bits per heavy atom. The molecule has 1 fully saturated rings. The zero-order valence-corrected chi connectivity index (χ0v) is 9.00. The van der Waals surface area contributed by atoms with Gasteiger partial charge in [-0.05, 0) is 24.5 Å². The summed E-state index contributed by atoms with van der Waals surface area (Å²) in [4.78, 5) is 6.30. The molecule has 1 aromatic rings. The van der Waals surface area contributed by atoms with Crippen molar-refractivity contribution in [1.29, 1.82) is 0 Å². The van der Waals surface area contributed by atoms with Gasteiger partial charge in [0.25, 0.3) is 6.43 Å². The van der Waals surface area contributed by atoms with E-state index >= 15 is 0 Å². The van der Waals surface area contributed by atoms with Crippen LogP contribution in [0.2, 0.25) is 0 Å².